The first-order valence-corrected chi connectivity index (χ1v) is 8.70. The van der Waals surface area contributed by atoms with Crippen molar-refractivity contribution in [1.29, 1.82) is 0 Å². The number of sulfonamides is 1. The van der Waals surface area contributed by atoms with Gasteiger partial charge in [0, 0.05) is 13.1 Å². The second-order valence-electron chi connectivity index (χ2n) is 4.84. The minimum Gasteiger partial charge on any atom is -0.263 e. The van der Waals surface area contributed by atoms with Crippen LogP contribution in [-0.4, -0.2) is 25.8 Å². The summed E-state index contributed by atoms with van der Waals surface area (Å²) in [5, 5.41) is 0. The van der Waals surface area contributed by atoms with E-state index in [1.165, 1.54) is 0 Å². The smallest absolute Gasteiger partial charge is 0.243 e. The number of nitrogens with zero attached hydrogens (tertiary/aromatic N) is 1. The number of hydrogen-bond acceptors (Lipinski definition) is 4. The van der Waals surface area contributed by atoms with Gasteiger partial charge in [0.25, 0.3) is 0 Å². The summed E-state index contributed by atoms with van der Waals surface area (Å²) in [6.07, 6.45) is 3.56. The fourth-order valence-corrected chi connectivity index (χ4v) is 4.24. The van der Waals surface area contributed by atoms with Crippen molar-refractivity contribution in [2.45, 2.75) is 23.8 Å². The number of hydroxylamine groups is 1. The highest BCUT2D eigenvalue weighted by Crippen LogP contribution is 2.28. The third kappa shape index (κ3) is 2.63. The molecule has 3 rings (SSSR count). The van der Waals surface area contributed by atoms with Crippen molar-refractivity contribution in [2.75, 3.05) is 13.1 Å². The molecule has 2 aliphatic rings. The van der Waals surface area contributed by atoms with Crippen LogP contribution in [0, 0.1) is 0 Å². The summed E-state index contributed by atoms with van der Waals surface area (Å²) in [4.78, 5) is 5.67. The van der Waals surface area contributed by atoms with Crippen LogP contribution in [0.1, 0.15) is 24.5 Å². The molecule has 7 heteroatoms. The molecule has 1 atom stereocenters. The molecule has 0 saturated carbocycles. The van der Waals surface area contributed by atoms with Crippen LogP contribution in [0.5, 0.6) is 0 Å². The van der Waals surface area contributed by atoms with E-state index in [4.69, 9.17) is 4.84 Å². The van der Waals surface area contributed by atoms with Gasteiger partial charge in [-0.1, -0.05) is 12.1 Å². The zero-order valence-electron chi connectivity index (χ0n) is 10.8. The van der Waals surface area contributed by atoms with Crippen molar-refractivity contribution in [3.05, 3.63) is 40.5 Å². The summed E-state index contributed by atoms with van der Waals surface area (Å²) >= 11 is 3.29. The van der Waals surface area contributed by atoms with Crippen LogP contribution in [0.3, 0.4) is 0 Å². The molecule has 108 valence electrons. The summed E-state index contributed by atoms with van der Waals surface area (Å²) in [6.45, 7) is 1.24. The van der Waals surface area contributed by atoms with Crippen molar-refractivity contribution in [1.82, 2.24) is 9.79 Å². The van der Waals surface area contributed by atoms with Crippen molar-refractivity contribution in [2.24, 2.45) is 0 Å². The third-order valence-electron chi connectivity index (χ3n) is 3.49. The van der Waals surface area contributed by atoms with E-state index in [-0.39, 0.29) is 6.10 Å². The summed E-state index contributed by atoms with van der Waals surface area (Å²) in [5.74, 6) is 0. The number of benzene rings is 1. The summed E-state index contributed by atoms with van der Waals surface area (Å²) in [5.41, 5.74) is 3.62. The number of halogens is 1. The van der Waals surface area contributed by atoms with E-state index in [2.05, 4.69) is 21.4 Å². The number of nitrogens with one attached hydrogen (secondary N) is 1. The Morgan fingerprint density at radius 2 is 1.85 bits per heavy atom. The van der Waals surface area contributed by atoms with Crippen molar-refractivity contribution >= 4 is 26.0 Å². The quantitative estimate of drug-likeness (QED) is 0.842. The molecular formula is C13H15BrN2O3S. The van der Waals surface area contributed by atoms with E-state index >= 15 is 0 Å². The summed E-state index contributed by atoms with van der Waals surface area (Å²) in [6, 6.07) is 6.87. The zero-order chi connectivity index (χ0) is 14.2. The van der Waals surface area contributed by atoms with Crippen LogP contribution in [0.25, 0.3) is 0 Å². The molecule has 0 spiro atoms. The Balaban J connectivity index is 1.82. The maximum Gasteiger partial charge on any atom is 0.243 e. The van der Waals surface area contributed by atoms with Crippen LogP contribution in [0.15, 0.2) is 39.8 Å². The Bertz CT molecular complexity index is 622. The van der Waals surface area contributed by atoms with Crippen molar-refractivity contribution in [3.8, 4) is 0 Å². The lowest BCUT2D eigenvalue weighted by Crippen LogP contribution is -2.27. The van der Waals surface area contributed by atoms with Gasteiger partial charge in [-0.25, -0.2) is 8.42 Å². The van der Waals surface area contributed by atoms with E-state index in [0.29, 0.717) is 18.0 Å². The monoisotopic (exact) mass is 358 g/mol. The van der Waals surface area contributed by atoms with Gasteiger partial charge in [0.05, 0.1) is 4.90 Å². The Morgan fingerprint density at radius 1 is 1.20 bits per heavy atom. The second kappa shape index (κ2) is 5.48. The molecular weight excluding hydrogens is 344 g/mol. The van der Waals surface area contributed by atoms with E-state index in [1.54, 1.807) is 28.6 Å². The molecule has 1 saturated heterocycles. The van der Waals surface area contributed by atoms with Gasteiger partial charge in [-0.15, -0.1) is 0 Å². The molecule has 1 aromatic carbocycles. The maximum atomic E-state index is 12.4. The van der Waals surface area contributed by atoms with E-state index in [1.807, 2.05) is 6.08 Å². The van der Waals surface area contributed by atoms with Gasteiger partial charge in [-0.05, 0) is 52.5 Å². The molecule has 1 fully saturated rings. The molecule has 2 aliphatic heterocycles. The van der Waals surface area contributed by atoms with Crippen LogP contribution in [0.4, 0.5) is 0 Å². The van der Waals surface area contributed by atoms with Gasteiger partial charge >= 0.3 is 0 Å². The highest BCUT2D eigenvalue weighted by Gasteiger charge is 2.27. The molecule has 1 unspecified atom stereocenters. The molecule has 0 aromatic heterocycles. The molecule has 0 aliphatic carbocycles. The van der Waals surface area contributed by atoms with Gasteiger partial charge in [-0.3, -0.25) is 10.3 Å². The molecule has 2 heterocycles. The second-order valence-corrected chi connectivity index (χ2v) is 7.63. The normalized spacial score (nSPS) is 23.6. The predicted octanol–water partition coefficient (Wildman–Crippen LogP) is 2.28. The Morgan fingerprint density at radius 3 is 2.40 bits per heavy atom. The van der Waals surface area contributed by atoms with Crippen LogP contribution in [0.2, 0.25) is 0 Å². The van der Waals surface area contributed by atoms with Gasteiger partial charge in [0.1, 0.15) is 10.7 Å². The first-order valence-electron chi connectivity index (χ1n) is 6.46. The van der Waals surface area contributed by atoms with Gasteiger partial charge in [-0.2, -0.15) is 4.31 Å². The Hall–Kier alpha value is -0.890. The Labute approximate surface area is 126 Å². The minimum absolute atomic E-state index is 0.201. The van der Waals surface area contributed by atoms with Gasteiger partial charge < -0.3 is 0 Å². The average molecular weight is 359 g/mol. The molecule has 5 nitrogen and oxygen atoms in total. The lowest BCUT2D eigenvalue weighted by Gasteiger charge is -2.16. The first kappa shape index (κ1) is 14.1. The fraction of sp³-hybridized carbons (Fsp3) is 0.385. The molecule has 1 aromatic rings. The topological polar surface area (TPSA) is 58.6 Å². The first-order chi connectivity index (χ1) is 9.57. The lowest BCUT2D eigenvalue weighted by molar-refractivity contribution is 0.0457. The van der Waals surface area contributed by atoms with Crippen molar-refractivity contribution in [3.63, 3.8) is 0 Å². The van der Waals surface area contributed by atoms with Crippen LogP contribution >= 0.6 is 15.9 Å². The Kier molecular flexibility index (Phi) is 3.85. The molecule has 0 amide bonds. The van der Waals surface area contributed by atoms with E-state index in [9.17, 15) is 8.42 Å². The SMILES string of the molecule is O=S(=O)(c1ccc(C2C=C(Br)NO2)cc1)N1CCCC1. The summed E-state index contributed by atoms with van der Waals surface area (Å²) < 4.78 is 27.1. The van der Waals surface area contributed by atoms with Gasteiger partial charge in [0.15, 0.2) is 0 Å². The van der Waals surface area contributed by atoms with Crippen LogP contribution in [-0.2, 0) is 14.9 Å². The minimum atomic E-state index is -3.34. The molecule has 20 heavy (non-hydrogen) atoms. The third-order valence-corrected chi connectivity index (χ3v) is 5.83. The molecule has 0 bridgehead atoms. The molecule has 1 N–H and O–H groups in total. The lowest BCUT2D eigenvalue weighted by atomic mass is 10.1. The van der Waals surface area contributed by atoms with E-state index in [0.717, 1.165) is 23.0 Å². The fourth-order valence-electron chi connectivity index (χ4n) is 2.39. The number of rotatable bonds is 3. The van der Waals surface area contributed by atoms with Gasteiger partial charge in [0.2, 0.25) is 10.0 Å². The largest absolute Gasteiger partial charge is 0.263 e. The summed E-state index contributed by atoms with van der Waals surface area (Å²) in [7, 11) is -3.34. The van der Waals surface area contributed by atoms with Crippen molar-refractivity contribution < 1.29 is 13.3 Å². The number of hydrogen-bond donors (Lipinski definition) is 1. The predicted molar refractivity (Wildman–Crippen MR) is 78.4 cm³/mol. The van der Waals surface area contributed by atoms with E-state index < -0.39 is 10.0 Å². The zero-order valence-corrected chi connectivity index (χ0v) is 13.2. The highest BCUT2D eigenvalue weighted by atomic mass is 79.9. The average Bonchev–Trinajstić information content (AvgIpc) is 3.10. The maximum absolute atomic E-state index is 12.4. The highest BCUT2D eigenvalue weighted by molar-refractivity contribution is 9.11. The standard InChI is InChI=1S/C13H15BrN2O3S/c14-13-9-12(19-15-13)10-3-5-11(6-4-10)20(17,18)16-7-1-2-8-16/h3-6,9,12,15H,1-2,7-8H2. The van der Waals surface area contributed by atoms with Crippen LogP contribution < -0.4 is 5.48 Å². The molecule has 0 radical (unpaired) electrons.